The van der Waals surface area contributed by atoms with E-state index >= 15 is 0 Å². The Morgan fingerprint density at radius 1 is 1.11 bits per heavy atom. The maximum absolute atomic E-state index is 12.7. The van der Waals surface area contributed by atoms with Crippen LogP contribution in [0.5, 0.6) is 0 Å². The first-order chi connectivity index (χ1) is 12.8. The van der Waals surface area contributed by atoms with Crippen molar-refractivity contribution in [3.8, 4) is 0 Å². The van der Waals surface area contributed by atoms with Crippen molar-refractivity contribution in [2.75, 3.05) is 38.1 Å². The van der Waals surface area contributed by atoms with Crippen molar-refractivity contribution in [3.63, 3.8) is 0 Å². The summed E-state index contributed by atoms with van der Waals surface area (Å²) in [4.78, 5) is 20.7. The lowest BCUT2D eigenvalue weighted by Gasteiger charge is -2.35. The van der Waals surface area contributed by atoms with Gasteiger partial charge >= 0.3 is 0 Å². The Bertz CT molecular complexity index is 943. The monoisotopic (exact) mass is 428 g/mol. The average Bonchev–Trinajstić information content (AvgIpc) is 2.70. The summed E-state index contributed by atoms with van der Waals surface area (Å²) >= 11 is 12.1. The molecule has 0 radical (unpaired) electrons. The van der Waals surface area contributed by atoms with Gasteiger partial charge in [0.2, 0.25) is 10.0 Å². The van der Waals surface area contributed by atoms with Gasteiger partial charge in [-0.15, -0.1) is 0 Å². The zero-order valence-electron chi connectivity index (χ0n) is 14.5. The minimum Gasteiger partial charge on any atom is -0.353 e. The maximum Gasteiger partial charge on any atom is 0.255 e. The van der Waals surface area contributed by atoms with Gasteiger partial charge in [-0.1, -0.05) is 29.3 Å². The van der Waals surface area contributed by atoms with Crippen LogP contribution in [0.4, 0.5) is 5.82 Å². The summed E-state index contributed by atoms with van der Waals surface area (Å²) in [7, 11) is -2.16. The van der Waals surface area contributed by atoms with E-state index in [4.69, 9.17) is 23.2 Å². The molecule has 10 heteroatoms. The summed E-state index contributed by atoms with van der Waals surface area (Å²) in [5.74, 6) is 0.503. The number of nitrogens with one attached hydrogen (secondary N) is 1. The summed E-state index contributed by atoms with van der Waals surface area (Å²) in [5, 5.41) is 0.608. The molecule has 1 saturated heterocycles. The van der Waals surface area contributed by atoms with E-state index < -0.39 is 10.0 Å². The van der Waals surface area contributed by atoms with Gasteiger partial charge in [-0.3, -0.25) is 4.79 Å². The number of nitrogens with zero attached hydrogens (tertiary/aromatic N) is 3. The van der Waals surface area contributed by atoms with Gasteiger partial charge < -0.3 is 9.80 Å². The number of hydrogen-bond donors (Lipinski definition) is 1. The van der Waals surface area contributed by atoms with Crippen LogP contribution >= 0.6 is 23.2 Å². The summed E-state index contributed by atoms with van der Waals surface area (Å²) < 4.78 is 25.8. The molecule has 1 amide bonds. The predicted octanol–water partition coefficient (Wildman–Crippen LogP) is 2.26. The zero-order chi connectivity index (χ0) is 19.6. The second kappa shape index (κ2) is 8.02. The van der Waals surface area contributed by atoms with Crippen LogP contribution in [0.2, 0.25) is 10.0 Å². The number of rotatable bonds is 4. The first kappa shape index (κ1) is 19.9. The molecular weight excluding hydrogens is 411 g/mol. The number of anilines is 1. The third-order valence-corrected chi connectivity index (χ3v) is 6.59. The molecule has 0 atom stereocenters. The fraction of sp³-hybridized carbons (Fsp3) is 0.294. The Kier molecular flexibility index (Phi) is 5.90. The van der Waals surface area contributed by atoms with E-state index in [9.17, 15) is 13.2 Å². The van der Waals surface area contributed by atoms with Crippen LogP contribution in [0.25, 0.3) is 0 Å². The molecule has 1 aliphatic heterocycles. The fourth-order valence-corrected chi connectivity index (χ4v) is 3.87. The van der Waals surface area contributed by atoms with Crippen molar-refractivity contribution in [1.29, 1.82) is 0 Å². The first-order valence-corrected chi connectivity index (χ1v) is 10.5. The molecule has 7 nitrogen and oxygen atoms in total. The molecule has 1 aromatic heterocycles. The van der Waals surface area contributed by atoms with Crippen molar-refractivity contribution in [2.45, 2.75) is 4.90 Å². The van der Waals surface area contributed by atoms with E-state index in [1.165, 1.54) is 19.3 Å². The molecule has 144 valence electrons. The molecule has 1 fully saturated rings. The van der Waals surface area contributed by atoms with Crippen LogP contribution in [0.3, 0.4) is 0 Å². The Morgan fingerprint density at radius 3 is 2.41 bits per heavy atom. The number of amides is 1. The van der Waals surface area contributed by atoms with Crippen LogP contribution in [0.1, 0.15) is 10.4 Å². The van der Waals surface area contributed by atoms with Crippen LogP contribution in [-0.4, -0.2) is 57.4 Å². The minimum absolute atomic E-state index is 0.109. The molecule has 0 bridgehead atoms. The van der Waals surface area contributed by atoms with Gasteiger partial charge in [-0.2, -0.15) is 0 Å². The Morgan fingerprint density at radius 2 is 1.81 bits per heavy atom. The number of carbonyl (C=O) groups excluding carboxylic acids is 1. The van der Waals surface area contributed by atoms with Gasteiger partial charge in [0.15, 0.2) is 0 Å². The van der Waals surface area contributed by atoms with E-state index in [1.54, 1.807) is 29.2 Å². The first-order valence-electron chi connectivity index (χ1n) is 8.21. The van der Waals surface area contributed by atoms with Gasteiger partial charge in [0.25, 0.3) is 5.91 Å². The number of carbonyl (C=O) groups is 1. The minimum atomic E-state index is -3.51. The van der Waals surface area contributed by atoms with Gasteiger partial charge in [-0.05, 0) is 31.3 Å². The molecule has 2 heterocycles. The number of benzene rings is 1. The van der Waals surface area contributed by atoms with E-state index in [-0.39, 0.29) is 15.8 Å². The predicted molar refractivity (Wildman–Crippen MR) is 105 cm³/mol. The van der Waals surface area contributed by atoms with E-state index in [1.807, 2.05) is 4.90 Å². The van der Waals surface area contributed by atoms with Crippen LogP contribution in [-0.2, 0) is 10.0 Å². The molecule has 1 aliphatic rings. The van der Waals surface area contributed by atoms with E-state index in [0.29, 0.717) is 42.6 Å². The SMILES string of the molecule is CNS(=O)(=O)c1ccc(N2CCN(C(=O)c3cccc(Cl)c3Cl)CC2)nc1. The zero-order valence-corrected chi connectivity index (χ0v) is 16.9. The van der Waals surface area contributed by atoms with Gasteiger partial charge in [0.1, 0.15) is 10.7 Å². The van der Waals surface area contributed by atoms with Gasteiger partial charge in [0.05, 0.1) is 15.6 Å². The molecule has 1 N–H and O–H groups in total. The molecule has 0 saturated carbocycles. The number of piperazine rings is 1. The van der Waals surface area contributed by atoms with Gasteiger partial charge in [-0.25, -0.2) is 18.1 Å². The van der Waals surface area contributed by atoms with Crippen molar-refractivity contribution in [1.82, 2.24) is 14.6 Å². The highest BCUT2D eigenvalue weighted by Crippen LogP contribution is 2.27. The summed E-state index contributed by atoms with van der Waals surface area (Å²) in [5.41, 5.74) is 0.386. The fourth-order valence-electron chi connectivity index (χ4n) is 2.81. The van der Waals surface area contributed by atoms with Crippen LogP contribution in [0.15, 0.2) is 41.4 Å². The van der Waals surface area contributed by atoms with Crippen LogP contribution in [0, 0.1) is 0 Å². The highest BCUT2D eigenvalue weighted by molar-refractivity contribution is 7.89. The second-order valence-electron chi connectivity index (χ2n) is 5.94. The van der Waals surface area contributed by atoms with Crippen molar-refractivity contribution >= 4 is 45.0 Å². The molecule has 3 rings (SSSR count). The lowest BCUT2D eigenvalue weighted by Crippen LogP contribution is -2.49. The summed E-state index contributed by atoms with van der Waals surface area (Å²) in [6.07, 6.45) is 1.32. The second-order valence-corrected chi connectivity index (χ2v) is 8.61. The molecule has 0 spiro atoms. The molecular formula is C17H18Cl2N4O3S. The Hall–Kier alpha value is -1.87. The molecule has 0 aliphatic carbocycles. The van der Waals surface area contributed by atoms with Crippen molar-refractivity contribution < 1.29 is 13.2 Å². The van der Waals surface area contributed by atoms with Crippen molar-refractivity contribution in [3.05, 3.63) is 52.1 Å². The largest absolute Gasteiger partial charge is 0.353 e. The quantitative estimate of drug-likeness (QED) is 0.807. The summed E-state index contributed by atoms with van der Waals surface area (Å²) in [6.45, 7) is 2.16. The van der Waals surface area contributed by atoms with E-state index in [2.05, 4.69) is 9.71 Å². The van der Waals surface area contributed by atoms with Crippen molar-refractivity contribution in [2.24, 2.45) is 0 Å². The highest BCUT2D eigenvalue weighted by atomic mass is 35.5. The molecule has 2 aromatic rings. The third-order valence-electron chi connectivity index (χ3n) is 4.37. The maximum atomic E-state index is 12.7. The number of pyridine rings is 1. The number of aromatic nitrogens is 1. The standard InChI is InChI=1S/C17H18Cl2N4O3S/c1-20-27(25,26)12-5-6-15(21-11-12)22-7-9-23(10-8-22)17(24)13-3-2-4-14(18)16(13)19/h2-6,11,20H,7-10H2,1H3. The number of sulfonamides is 1. The topological polar surface area (TPSA) is 82.6 Å². The van der Waals surface area contributed by atoms with Crippen LogP contribution < -0.4 is 9.62 Å². The number of halogens is 2. The smallest absolute Gasteiger partial charge is 0.255 e. The average molecular weight is 429 g/mol. The third kappa shape index (κ3) is 4.19. The Labute approximate surface area is 167 Å². The highest BCUT2D eigenvalue weighted by Gasteiger charge is 2.25. The number of hydrogen-bond acceptors (Lipinski definition) is 5. The lowest BCUT2D eigenvalue weighted by molar-refractivity contribution is 0.0746. The van der Waals surface area contributed by atoms with Gasteiger partial charge in [0, 0.05) is 32.4 Å². The normalized spacial score (nSPS) is 15.1. The summed E-state index contributed by atoms with van der Waals surface area (Å²) in [6, 6.07) is 8.17. The van der Waals surface area contributed by atoms with E-state index in [0.717, 1.165) is 0 Å². The lowest BCUT2D eigenvalue weighted by atomic mass is 10.1. The Balaban J connectivity index is 1.67. The molecule has 27 heavy (non-hydrogen) atoms. The molecule has 1 aromatic carbocycles. The molecule has 0 unspecified atom stereocenters.